The van der Waals surface area contributed by atoms with Gasteiger partial charge in [-0.2, -0.15) is 0 Å². The molecule has 0 spiro atoms. The average molecular weight is 296 g/mol. The Hall–Kier alpha value is -1.73. The molecule has 0 bridgehead atoms. The minimum absolute atomic E-state index is 0.0651. The minimum atomic E-state index is -1.12. The van der Waals surface area contributed by atoms with Gasteiger partial charge in [0.1, 0.15) is 0 Å². The third kappa shape index (κ3) is 3.18. The number of nitrogens with zero attached hydrogens (tertiary/aromatic N) is 1. The van der Waals surface area contributed by atoms with Gasteiger partial charge >= 0.3 is 5.97 Å². The van der Waals surface area contributed by atoms with Crippen molar-refractivity contribution < 1.29 is 14.7 Å². The van der Waals surface area contributed by atoms with Crippen molar-refractivity contribution in [2.45, 2.75) is 19.4 Å². The Labute approximate surface area is 117 Å². The summed E-state index contributed by atoms with van der Waals surface area (Å²) in [6, 6.07) is 3.83. The number of thiazole rings is 1. The van der Waals surface area contributed by atoms with E-state index in [1.54, 1.807) is 11.3 Å². The Kier molecular flexibility index (Phi) is 4.28. The van der Waals surface area contributed by atoms with Crippen LogP contribution in [-0.4, -0.2) is 22.0 Å². The van der Waals surface area contributed by atoms with Crippen LogP contribution < -0.4 is 5.32 Å². The molecule has 7 heteroatoms. The molecule has 2 aromatic rings. The van der Waals surface area contributed by atoms with Crippen LogP contribution in [-0.2, 0) is 0 Å². The van der Waals surface area contributed by atoms with Crippen molar-refractivity contribution in [3.8, 4) is 0 Å². The molecular weight excluding hydrogens is 284 g/mol. The highest BCUT2D eigenvalue weighted by atomic mass is 32.1. The summed E-state index contributed by atoms with van der Waals surface area (Å²) in [7, 11) is 0. The number of aromatic carboxylic acids is 1. The first kappa shape index (κ1) is 13.7. The van der Waals surface area contributed by atoms with Crippen LogP contribution in [0.2, 0.25) is 0 Å². The number of carbonyl (C=O) groups is 2. The van der Waals surface area contributed by atoms with Gasteiger partial charge in [0.15, 0.2) is 10.7 Å². The standard InChI is InChI=1S/C12H12N2O3S2/c1-2-7(9-4-3-5-18-9)13-10(15)11-14-8(6-19-11)12(16)17/h3-7H,2H2,1H3,(H,13,15)(H,16,17). The second kappa shape index (κ2) is 5.94. The maximum atomic E-state index is 12.0. The first-order valence-corrected chi connectivity index (χ1v) is 7.40. The molecule has 2 heterocycles. The summed E-state index contributed by atoms with van der Waals surface area (Å²) < 4.78 is 0. The number of nitrogens with one attached hydrogen (secondary N) is 1. The minimum Gasteiger partial charge on any atom is -0.476 e. The second-order valence-electron chi connectivity index (χ2n) is 3.79. The first-order chi connectivity index (χ1) is 9.11. The molecule has 1 amide bonds. The number of carbonyl (C=O) groups excluding carboxylic acids is 1. The fourth-order valence-electron chi connectivity index (χ4n) is 1.56. The van der Waals surface area contributed by atoms with E-state index in [0.29, 0.717) is 0 Å². The Balaban J connectivity index is 2.09. The maximum absolute atomic E-state index is 12.0. The first-order valence-electron chi connectivity index (χ1n) is 5.65. The van der Waals surface area contributed by atoms with E-state index in [9.17, 15) is 9.59 Å². The molecule has 1 atom stereocenters. The molecule has 0 saturated carbocycles. The summed E-state index contributed by atoms with van der Waals surface area (Å²) in [6.45, 7) is 1.98. The summed E-state index contributed by atoms with van der Waals surface area (Å²) in [4.78, 5) is 27.6. The van der Waals surface area contributed by atoms with E-state index in [-0.39, 0.29) is 22.7 Å². The Morgan fingerprint density at radius 1 is 1.47 bits per heavy atom. The third-order valence-electron chi connectivity index (χ3n) is 2.52. The summed E-state index contributed by atoms with van der Waals surface area (Å²) >= 11 is 2.61. The Morgan fingerprint density at radius 3 is 2.79 bits per heavy atom. The lowest BCUT2D eigenvalue weighted by atomic mass is 10.2. The van der Waals surface area contributed by atoms with Gasteiger partial charge < -0.3 is 10.4 Å². The van der Waals surface area contributed by atoms with Gasteiger partial charge in [-0.25, -0.2) is 9.78 Å². The molecule has 0 aliphatic rings. The zero-order valence-electron chi connectivity index (χ0n) is 10.1. The summed E-state index contributed by atoms with van der Waals surface area (Å²) in [5, 5.41) is 15.1. The highest BCUT2D eigenvalue weighted by Gasteiger charge is 2.18. The smallest absolute Gasteiger partial charge is 0.355 e. The molecule has 5 nitrogen and oxygen atoms in total. The van der Waals surface area contributed by atoms with Crippen LogP contribution >= 0.6 is 22.7 Å². The van der Waals surface area contributed by atoms with Crippen molar-refractivity contribution in [3.63, 3.8) is 0 Å². The Bertz CT molecular complexity index is 578. The van der Waals surface area contributed by atoms with E-state index >= 15 is 0 Å². The molecule has 1 unspecified atom stereocenters. The lowest BCUT2D eigenvalue weighted by molar-refractivity contribution is 0.0691. The fourth-order valence-corrected chi connectivity index (χ4v) is 3.12. The largest absolute Gasteiger partial charge is 0.476 e. The van der Waals surface area contributed by atoms with E-state index in [2.05, 4.69) is 10.3 Å². The highest BCUT2D eigenvalue weighted by Crippen LogP contribution is 2.22. The lowest BCUT2D eigenvalue weighted by Crippen LogP contribution is -2.27. The molecule has 2 rings (SSSR count). The molecule has 0 aliphatic heterocycles. The Morgan fingerprint density at radius 2 is 2.26 bits per heavy atom. The van der Waals surface area contributed by atoms with Crippen LogP contribution in [0, 0.1) is 0 Å². The summed E-state index contributed by atoms with van der Waals surface area (Å²) in [5.41, 5.74) is -0.0978. The van der Waals surface area contributed by atoms with Crippen molar-refractivity contribution in [3.05, 3.63) is 38.5 Å². The van der Waals surface area contributed by atoms with Crippen molar-refractivity contribution >= 4 is 34.6 Å². The monoisotopic (exact) mass is 296 g/mol. The van der Waals surface area contributed by atoms with Crippen LogP contribution in [0.3, 0.4) is 0 Å². The van der Waals surface area contributed by atoms with Gasteiger partial charge in [-0.05, 0) is 17.9 Å². The van der Waals surface area contributed by atoms with Gasteiger partial charge in [0, 0.05) is 10.3 Å². The van der Waals surface area contributed by atoms with Crippen molar-refractivity contribution in [2.75, 3.05) is 0 Å². The number of thiophene rings is 1. The number of rotatable bonds is 5. The number of hydrogen-bond acceptors (Lipinski definition) is 5. The molecule has 2 aromatic heterocycles. The molecule has 19 heavy (non-hydrogen) atoms. The SMILES string of the molecule is CCC(NC(=O)c1nc(C(=O)O)cs1)c1cccs1. The zero-order chi connectivity index (χ0) is 13.8. The number of hydrogen-bond donors (Lipinski definition) is 2. The molecular formula is C12H12N2O3S2. The quantitative estimate of drug-likeness (QED) is 0.889. The predicted octanol–water partition coefficient (Wildman–Crippen LogP) is 2.78. The van der Waals surface area contributed by atoms with Crippen LogP contribution in [0.5, 0.6) is 0 Å². The molecule has 0 aromatic carbocycles. The number of carboxylic acids is 1. The fraction of sp³-hybridized carbons (Fsp3) is 0.250. The van der Waals surface area contributed by atoms with Crippen LogP contribution in [0.4, 0.5) is 0 Å². The van der Waals surface area contributed by atoms with Gasteiger partial charge in [0.05, 0.1) is 6.04 Å². The van der Waals surface area contributed by atoms with E-state index in [0.717, 1.165) is 22.6 Å². The van der Waals surface area contributed by atoms with Crippen molar-refractivity contribution in [1.82, 2.24) is 10.3 Å². The maximum Gasteiger partial charge on any atom is 0.355 e. The molecule has 0 fully saturated rings. The van der Waals surface area contributed by atoms with Crippen LogP contribution in [0.15, 0.2) is 22.9 Å². The van der Waals surface area contributed by atoms with Gasteiger partial charge in [-0.1, -0.05) is 13.0 Å². The zero-order valence-corrected chi connectivity index (χ0v) is 11.8. The highest BCUT2D eigenvalue weighted by molar-refractivity contribution is 7.12. The number of amides is 1. The summed E-state index contributed by atoms with van der Waals surface area (Å²) in [6.07, 6.45) is 0.767. The van der Waals surface area contributed by atoms with Gasteiger partial charge in [-0.15, -0.1) is 22.7 Å². The van der Waals surface area contributed by atoms with Crippen LogP contribution in [0.25, 0.3) is 0 Å². The molecule has 2 N–H and O–H groups in total. The van der Waals surface area contributed by atoms with Gasteiger partial charge in [0.2, 0.25) is 0 Å². The molecule has 0 saturated heterocycles. The average Bonchev–Trinajstić information content (AvgIpc) is 3.05. The normalized spacial score (nSPS) is 12.1. The third-order valence-corrected chi connectivity index (χ3v) is 4.34. The van der Waals surface area contributed by atoms with Crippen LogP contribution in [0.1, 0.15) is 44.6 Å². The molecule has 0 aliphatic carbocycles. The number of aromatic nitrogens is 1. The topological polar surface area (TPSA) is 79.3 Å². The van der Waals surface area contributed by atoms with Crippen molar-refractivity contribution in [1.29, 1.82) is 0 Å². The summed E-state index contributed by atoms with van der Waals surface area (Å²) in [5.74, 6) is -1.46. The van der Waals surface area contributed by atoms with E-state index in [4.69, 9.17) is 5.11 Å². The van der Waals surface area contributed by atoms with Crippen molar-refractivity contribution in [2.24, 2.45) is 0 Å². The van der Waals surface area contributed by atoms with Gasteiger partial charge in [-0.3, -0.25) is 4.79 Å². The van der Waals surface area contributed by atoms with E-state index in [1.165, 1.54) is 5.38 Å². The van der Waals surface area contributed by atoms with Gasteiger partial charge in [0.25, 0.3) is 5.91 Å². The predicted molar refractivity (Wildman–Crippen MR) is 73.9 cm³/mol. The number of carboxylic acid groups (broad SMARTS) is 1. The van der Waals surface area contributed by atoms with E-state index < -0.39 is 5.97 Å². The molecule has 0 radical (unpaired) electrons. The lowest BCUT2D eigenvalue weighted by Gasteiger charge is -2.14. The molecule has 100 valence electrons. The van der Waals surface area contributed by atoms with E-state index in [1.807, 2.05) is 24.4 Å². The second-order valence-corrected chi connectivity index (χ2v) is 5.63.